The molecular weight excluding hydrogens is 496 g/mol. The minimum Gasteiger partial charge on any atom is -0.409 e. The molecule has 3 aromatic rings. The van der Waals surface area contributed by atoms with E-state index in [2.05, 4.69) is 74.2 Å². The lowest BCUT2D eigenvalue weighted by atomic mass is 10.1. The Kier molecular flexibility index (Phi) is 7.52. The zero-order valence-electron chi connectivity index (χ0n) is 23.9. The second kappa shape index (κ2) is 10.6. The van der Waals surface area contributed by atoms with E-state index in [0.29, 0.717) is 32.4 Å². The van der Waals surface area contributed by atoms with Gasteiger partial charge in [-0.2, -0.15) is 9.97 Å². The quantitative estimate of drug-likeness (QED) is 0.415. The summed E-state index contributed by atoms with van der Waals surface area (Å²) in [5, 5.41) is 0.104. The highest BCUT2D eigenvalue weighted by molar-refractivity contribution is 6.74. The molecule has 2 saturated heterocycles. The lowest BCUT2D eigenvalue weighted by molar-refractivity contribution is 0.0281. The Labute approximate surface area is 227 Å². The van der Waals surface area contributed by atoms with Crippen molar-refractivity contribution in [3.05, 3.63) is 36.2 Å². The van der Waals surface area contributed by atoms with Crippen molar-refractivity contribution >= 4 is 31.0 Å². The minimum atomic E-state index is -1.99. The van der Waals surface area contributed by atoms with E-state index in [1.807, 2.05) is 18.2 Å². The standard InChI is InChI=1S/C28H42N6O3Si/c1-20-21(2)36-17-14-33(20)25-18-24(32-12-15-35-16-13-32)30-27(31-25)34-23-11-9-8-10-22(23)29-26(34)19-37-38(6,7)28(3,4)5/h8-11,18,20-21H,12-17,19H2,1-7H3/t20-,21+/m0/s1. The van der Waals surface area contributed by atoms with Crippen molar-refractivity contribution in [1.82, 2.24) is 19.5 Å². The van der Waals surface area contributed by atoms with Crippen LogP contribution in [0.1, 0.15) is 40.4 Å². The van der Waals surface area contributed by atoms with Gasteiger partial charge in [0.05, 0.1) is 49.6 Å². The minimum absolute atomic E-state index is 0.104. The first-order valence-corrected chi connectivity index (χ1v) is 16.7. The van der Waals surface area contributed by atoms with Crippen LogP contribution >= 0.6 is 0 Å². The first kappa shape index (κ1) is 27.0. The van der Waals surface area contributed by atoms with Gasteiger partial charge < -0.3 is 23.7 Å². The Hall–Kier alpha value is -2.53. The van der Waals surface area contributed by atoms with Gasteiger partial charge in [0.1, 0.15) is 17.5 Å². The molecule has 2 aliphatic heterocycles. The van der Waals surface area contributed by atoms with Crippen molar-refractivity contribution in [2.24, 2.45) is 0 Å². The Morgan fingerprint density at radius 1 is 0.974 bits per heavy atom. The summed E-state index contributed by atoms with van der Waals surface area (Å²) < 4.78 is 20.3. The maximum Gasteiger partial charge on any atom is 0.239 e. The second-order valence-corrected chi connectivity index (χ2v) is 16.7. The normalized spacial score (nSPS) is 21.3. The SMILES string of the molecule is C[C@H]1OCCN(c2cc(N3CCOCC3)nc(-n3c(CO[Si](C)(C)C(C)(C)C)nc4ccccc43)n2)[C@H]1C. The van der Waals surface area contributed by atoms with E-state index < -0.39 is 8.32 Å². The summed E-state index contributed by atoms with van der Waals surface area (Å²) in [6.07, 6.45) is 0.122. The van der Waals surface area contributed by atoms with Crippen LogP contribution in [0.4, 0.5) is 11.6 Å². The second-order valence-electron chi connectivity index (χ2n) is 11.9. The number of benzene rings is 1. The third-order valence-corrected chi connectivity index (χ3v) is 12.9. The molecule has 0 radical (unpaired) electrons. The van der Waals surface area contributed by atoms with Crippen LogP contribution in [-0.4, -0.2) is 79.4 Å². The zero-order valence-corrected chi connectivity index (χ0v) is 24.9. The monoisotopic (exact) mass is 538 g/mol. The number of hydrogen-bond acceptors (Lipinski definition) is 8. The van der Waals surface area contributed by atoms with Crippen LogP contribution < -0.4 is 9.80 Å². The van der Waals surface area contributed by atoms with Gasteiger partial charge in [-0.05, 0) is 44.1 Å². The number of fused-ring (bicyclic) bond motifs is 1. The number of imidazole rings is 1. The third-order valence-electron chi connectivity index (χ3n) is 8.40. The van der Waals surface area contributed by atoms with E-state index in [1.165, 1.54) is 0 Å². The molecule has 2 aliphatic rings. The van der Waals surface area contributed by atoms with Gasteiger partial charge in [0.15, 0.2) is 8.32 Å². The summed E-state index contributed by atoms with van der Waals surface area (Å²) >= 11 is 0. The molecule has 0 bridgehead atoms. The largest absolute Gasteiger partial charge is 0.409 e. The van der Waals surface area contributed by atoms with Gasteiger partial charge in [-0.15, -0.1) is 0 Å². The fraction of sp³-hybridized carbons (Fsp3) is 0.607. The maximum absolute atomic E-state index is 6.64. The fourth-order valence-corrected chi connectivity index (χ4v) is 5.65. The van der Waals surface area contributed by atoms with Gasteiger partial charge >= 0.3 is 0 Å². The molecule has 4 heterocycles. The van der Waals surface area contributed by atoms with E-state index in [9.17, 15) is 0 Å². The van der Waals surface area contributed by atoms with Crippen molar-refractivity contribution in [1.29, 1.82) is 0 Å². The van der Waals surface area contributed by atoms with Crippen LogP contribution in [0, 0.1) is 0 Å². The van der Waals surface area contributed by atoms with Gasteiger partial charge in [0.2, 0.25) is 5.95 Å². The smallest absolute Gasteiger partial charge is 0.239 e. The molecule has 9 nitrogen and oxygen atoms in total. The summed E-state index contributed by atoms with van der Waals surface area (Å²) in [6.45, 7) is 20.5. The molecule has 0 unspecified atom stereocenters. The highest BCUT2D eigenvalue weighted by atomic mass is 28.4. The van der Waals surface area contributed by atoms with Crippen LogP contribution in [-0.2, 0) is 20.5 Å². The number of morpholine rings is 2. The van der Waals surface area contributed by atoms with Crippen LogP contribution in [0.15, 0.2) is 30.3 Å². The van der Waals surface area contributed by atoms with Crippen molar-refractivity contribution in [2.45, 2.75) is 71.5 Å². The molecule has 0 spiro atoms. The summed E-state index contributed by atoms with van der Waals surface area (Å²) in [4.78, 5) is 19.9. The van der Waals surface area contributed by atoms with Gasteiger partial charge in [0, 0.05) is 25.7 Å². The Bertz CT molecular complexity index is 1270. The maximum atomic E-state index is 6.64. The molecule has 2 fully saturated rings. The van der Waals surface area contributed by atoms with Crippen molar-refractivity contribution in [2.75, 3.05) is 49.3 Å². The summed E-state index contributed by atoms with van der Waals surface area (Å²) in [5.74, 6) is 3.27. The summed E-state index contributed by atoms with van der Waals surface area (Å²) in [7, 11) is -1.99. The predicted molar refractivity (Wildman–Crippen MR) is 154 cm³/mol. The lowest BCUT2D eigenvalue weighted by Gasteiger charge is -2.39. The number of hydrogen-bond donors (Lipinski definition) is 0. The highest BCUT2D eigenvalue weighted by Gasteiger charge is 2.37. The van der Waals surface area contributed by atoms with E-state index in [0.717, 1.165) is 48.1 Å². The average Bonchev–Trinajstić information content (AvgIpc) is 3.27. The van der Waals surface area contributed by atoms with E-state index >= 15 is 0 Å². The Balaban J connectivity index is 1.62. The lowest BCUT2D eigenvalue weighted by Crippen LogP contribution is -2.49. The van der Waals surface area contributed by atoms with E-state index in [4.69, 9.17) is 28.9 Å². The van der Waals surface area contributed by atoms with E-state index in [1.54, 1.807) is 0 Å². The zero-order chi connectivity index (χ0) is 27.1. The van der Waals surface area contributed by atoms with Gasteiger partial charge in [-0.1, -0.05) is 32.9 Å². The molecular formula is C28H42N6O3Si. The van der Waals surface area contributed by atoms with E-state index in [-0.39, 0.29) is 17.2 Å². The fourth-order valence-electron chi connectivity index (χ4n) is 4.73. The molecule has 0 aliphatic carbocycles. The molecule has 2 atom stereocenters. The van der Waals surface area contributed by atoms with Crippen LogP contribution in [0.25, 0.3) is 17.0 Å². The molecule has 38 heavy (non-hydrogen) atoms. The summed E-state index contributed by atoms with van der Waals surface area (Å²) in [6, 6.07) is 10.5. The molecule has 206 valence electrons. The number of aromatic nitrogens is 4. The van der Waals surface area contributed by atoms with Gasteiger partial charge in [-0.3, -0.25) is 4.57 Å². The van der Waals surface area contributed by atoms with Crippen LogP contribution in [0.5, 0.6) is 0 Å². The molecule has 10 heteroatoms. The first-order chi connectivity index (χ1) is 18.0. The summed E-state index contributed by atoms with van der Waals surface area (Å²) in [5.41, 5.74) is 1.89. The van der Waals surface area contributed by atoms with Gasteiger partial charge in [-0.25, -0.2) is 4.98 Å². The predicted octanol–water partition coefficient (Wildman–Crippen LogP) is 4.79. The Morgan fingerprint density at radius 3 is 2.42 bits per heavy atom. The molecule has 0 amide bonds. The van der Waals surface area contributed by atoms with Crippen molar-refractivity contribution in [3.63, 3.8) is 0 Å². The molecule has 5 rings (SSSR count). The molecule has 0 N–H and O–H groups in total. The van der Waals surface area contributed by atoms with Gasteiger partial charge in [0.25, 0.3) is 0 Å². The average molecular weight is 539 g/mol. The van der Waals surface area contributed by atoms with Crippen molar-refractivity contribution in [3.8, 4) is 5.95 Å². The molecule has 1 aromatic carbocycles. The number of ether oxygens (including phenoxy) is 2. The Morgan fingerprint density at radius 2 is 1.68 bits per heavy atom. The number of anilines is 2. The number of rotatable bonds is 6. The molecule has 2 aromatic heterocycles. The number of para-hydroxylation sites is 2. The number of nitrogens with zero attached hydrogens (tertiary/aromatic N) is 6. The van der Waals surface area contributed by atoms with Crippen molar-refractivity contribution < 1.29 is 13.9 Å². The van der Waals surface area contributed by atoms with Crippen LogP contribution in [0.3, 0.4) is 0 Å². The topological polar surface area (TPSA) is 77.8 Å². The molecule has 0 saturated carbocycles. The third kappa shape index (κ3) is 5.32. The highest BCUT2D eigenvalue weighted by Crippen LogP contribution is 2.37. The van der Waals surface area contributed by atoms with Crippen LogP contribution in [0.2, 0.25) is 18.1 Å². The first-order valence-electron chi connectivity index (χ1n) is 13.8.